The molecule has 0 spiro atoms. The Morgan fingerprint density at radius 3 is 2.44 bits per heavy atom. The van der Waals surface area contributed by atoms with Gasteiger partial charge in [-0.25, -0.2) is 4.39 Å². The van der Waals surface area contributed by atoms with Crippen molar-refractivity contribution in [3.05, 3.63) is 64.4 Å². The van der Waals surface area contributed by atoms with Crippen molar-refractivity contribution in [3.63, 3.8) is 0 Å². The molecule has 2 aromatic carbocycles. The third-order valence-electron chi connectivity index (χ3n) is 3.65. The van der Waals surface area contributed by atoms with Crippen LogP contribution in [-0.4, -0.2) is 29.4 Å². The summed E-state index contributed by atoms with van der Waals surface area (Å²) < 4.78 is 51.6. The highest BCUT2D eigenvalue weighted by Gasteiger charge is 2.41. The lowest BCUT2D eigenvalue weighted by atomic mass is 10.1. The second-order valence-corrected chi connectivity index (χ2v) is 6.03. The number of halogens is 5. The number of amides is 2. The third kappa shape index (κ3) is 5.43. The van der Waals surface area contributed by atoms with Crippen LogP contribution < -0.4 is 5.32 Å². The molecular weight excluding hydrogens is 388 g/mol. The average molecular weight is 403 g/mol. The largest absolute Gasteiger partial charge is 0.471 e. The number of anilines is 1. The number of benzene rings is 2. The molecule has 2 amide bonds. The van der Waals surface area contributed by atoms with Crippen LogP contribution in [-0.2, 0) is 11.3 Å². The molecule has 0 saturated carbocycles. The maximum absolute atomic E-state index is 13.8. The summed E-state index contributed by atoms with van der Waals surface area (Å²) in [5.74, 6) is -3.48. The van der Waals surface area contributed by atoms with Gasteiger partial charge in [-0.3, -0.25) is 9.59 Å². The second kappa shape index (κ2) is 8.39. The summed E-state index contributed by atoms with van der Waals surface area (Å²) in [5.41, 5.74) is 0.401. The van der Waals surface area contributed by atoms with Crippen molar-refractivity contribution in [2.75, 3.05) is 11.9 Å². The molecule has 0 aliphatic carbocycles. The van der Waals surface area contributed by atoms with Gasteiger partial charge in [-0.05, 0) is 42.8 Å². The second-order valence-electron chi connectivity index (χ2n) is 5.60. The molecular formula is C18H15ClF4N2O2. The number of hydrogen-bond donors (Lipinski definition) is 1. The average Bonchev–Trinajstić information content (AvgIpc) is 2.58. The SMILES string of the molecule is CCN(Cc1cccc(NC(=O)c2ccc(Cl)cc2F)c1)C(=O)C(F)(F)F. The molecule has 0 atom stereocenters. The smallest absolute Gasteiger partial charge is 0.331 e. The van der Waals surface area contributed by atoms with Crippen LogP contribution >= 0.6 is 11.6 Å². The normalized spacial score (nSPS) is 11.2. The Kier molecular flexibility index (Phi) is 6.43. The van der Waals surface area contributed by atoms with Gasteiger partial charge in [-0.2, -0.15) is 13.2 Å². The highest BCUT2D eigenvalue weighted by atomic mass is 35.5. The van der Waals surface area contributed by atoms with Crippen LogP contribution in [0, 0.1) is 5.82 Å². The molecule has 1 N–H and O–H groups in total. The molecule has 0 unspecified atom stereocenters. The first kappa shape index (κ1) is 20.7. The molecule has 0 aliphatic heterocycles. The summed E-state index contributed by atoms with van der Waals surface area (Å²) in [7, 11) is 0. The Balaban J connectivity index is 2.15. The molecule has 4 nitrogen and oxygen atoms in total. The number of hydrogen-bond acceptors (Lipinski definition) is 2. The molecule has 0 saturated heterocycles. The minimum Gasteiger partial charge on any atom is -0.331 e. The number of carbonyl (C=O) groups is 2. The van der Waals surface area contributed by atoms with Crippen LogP contribution in [0.4, 0.5) is 23.2 Å². The number of alkyl halides is 3. The first-order chi connectivity index (χ1) is 12.6. The van der Waals surface area contributed by atoms with Gasteiger partial charge in [0, 0.05) is 23.8 Å². The topological polar surface area (TPSA) is 49.4 Å². The minimum absolute atomic E-state index is 0.134. The van der Waals surface area contributed by atoms with Crippen LogP contribution in [0.5, 0.6) is 0 Å². The van der Waals surface area contributed by atoms with Gasteiger partial charge >= 0.3 is 12.1 Å². The number of carbonyl (C=O) groups excluding carboxylic acids is 2. The summed E-state index contributed by atoms with van der Waals surface area (Å²) in [4.78, 5) is 24.2. The van der Waals surface area contributed by atoms with Crippen molar-refractivity contribution < 1.29 is 27.2 Å². The van der Waals surface area contributed by atoms with Crippen molar-refractivity contribution in [3.8, 4) is 0 Å². The van der Waals surface area contributed by atoms with E-state index < -0.39 is 23.8 Å². The monoisotopic (exact) mass is 402 g/mol. The van der Waals surface area contributed by atoms with Crippen molar-refractivity contribution in [2.45, 2.75) is 19.6 Å². The molecule has 0 aliphatic rings. The third-order valence-corrected chi connectivity index (χ3v) is 3.88. The Hall–Kier alpha value is -2.61. The van der Waals surface area contributed by atoms with E-state index in [1.54, 1.807) is 0 Å². The van der Waals surface area contributed by atoms with E-state index in [-0.39, 0.29) is 29.4 Å². The van der Waals surface area contributed by atoms with Gasteiger partial charge in [0.05, 0.1) is 5.56 Å². The quantitative estimate of drug-likeness (QED) is 0.740. The zero-order valence-corrected chi connectivity index (χ0v) is 14.9. The van der Waals surface area contributed by atoms with E-state index >= 15 is 0 Å². The van der Waals surface area contributed by atoms with Gasteiger partial charge < -0.3 is 10.2 Å². The summed E-state index contributed by atoms with van der Waals surface area (Å²) in [6, 6.07) is 9.51. The Bertz CT molecular complexity index is 855. The summed E-state index contributed by atoms with van der Waals surface area (Å²) >= 11 is 5.64. The summed E-state index contributed by atoms with van der Waals surface area (Å²) in [6.45, 7) is 1.01. The molecule has 9 heteroatoms. The minimum atomic E-state index is -4.96. The molecule has 0 bridgehead atoms. The zero-order chi connectivity index (χ0) is 20.2. The van der Waals surface area contributed by atoms with Crippen LogP contribution in [0.15, 0.2) is 42.5 Å². The standard InChI is InChI=1S/C18H15ClF4N2O2/c1-2-25(17(27)18(21,22)23)10-11-4-3-5-13(8-11)24-16(26)14-7-6-12(19)9-15(14)20/h3-9H,2,10H2,1H3,(H,24,26). The molecule has 0 radical (unpaired) electrons. The fraction of sp³-hybridized carbons (Fsp3) is 0.222. The number of nitrogens with zero attached hydrogens (tertiary/aromatic N) is 1. The van der Waals surface area contributed by atoms with Crippen molar-refractivity contribution in [1.29, 1.82) is 0 Å². The lowest BCUT2D eigenvalue weighted by molar-refractivity contribution is -0.185. The van der Waals surface area contributed by atoms with E-state index in [1.165, 1.54) is 43.3 Å². The Labute approximate surface area is 157 Å². The van der Waals surface area contributed by atoms with Gasteiger partial charge in [0.25, 0.3) is 5.91 Å². The first-order valence-electron chi connectivity index (χ1n) is 7.83. The maximum Gasteiger partial charge on any atom is 0.471 e. The van der Waals surface area contributed by atoms with Crippen LogP contribution in [0.25, 0.3) is 0 Å². The number of rotatable bonds is 5. The van der Waals surface area contributed by atoms with Gasteiger partial charge in [0.2, 0.25) is 0 Å². The van der Waals surface area contributed by atoms with Crippen LogP contribution in [0.3, 0.4) is 0 Å². The molecule has 27 heavy (non-hydrogen) atoms. The van der Waals surface area contributed by atoms with E-state index in [0.29, 0.717) is 10.5 Å². The van der Waals surface area contributed by atoms with Crippen LogP contribution in [0.2, 0.25) is 5.02 Å². The van der Waals surface area contributed by atoms with E-state index in [4.69, 9.17) is 11.6 Å². The fourth-order valence-corrected chi connectivity index (χ4v) is 2.51. The highest BCUT2D eigenvalue weighted by molar-refractivity contribution is 6.30. The van der Waals surface area contributed by atoms with Crippen LogP contribution in [0.1, 0.15) is 22.8 Å². The van der Waals surface area contributed by atoms with Gasteiger partial charge in [0.1, 0.15) is 5.82 Å². The van der Waals surface area contributed by atoms with Gasteiger partial charge in [-0.1, -0.05) is 23.7 Å². The predicted molar refractivity (Wildman–Crippen MR) is 93.0 cm³/mol. The zero-order valence-electron chi connectivity index (χ0n) is 14.1. The molecule has 0 fully saturated rings. The van der Waals surface area contributed by atoms with Crippen molar-refractivity contribution >= 4 is 29.1 Å². The molecule has 2 rings (SSSR count). The lowest BCUT2D eigenvalue weighted by Crippen LogP contribution is -2.40. The van der Waals surface area contributed by atoms with E-state index in [0.717, 1.165) is 6.07 Å². The first-order valence-corrected chi connectivity index (χ1v) is 8.21. The van der Waals surface area contributed by atoms with E-state index in [9.17, 15) is 27.2 Å². The summed E-state index contributed by atoms with van der Waals surface area (Å²) in [5, 5.41) is 2.60. The lowest BCUT2D eigenvalue weighted by Gasteiger charge is -2.22. The van der Waals surface area contributed by atoms with E-state index in [1.807, 2.05) is 0 Å². The van der Waals surface area contributed by atoms with Crippen molar-refractivity contribution in [2.24, 2.45) is 0 Å². The highest BCUT2D eigenvalue weighted by Crippen LogP contribution is 2.21. The molecule has 144 valence electrons. The molecule has 2 aromatic rings. The van der Waals surface area contributed by atoms with Crippen molar-refractivity contribution in [1.82, 2.24) is 4.90 Å². The predicted octanol–water partition coefficient (Wildman–Crippen LogP) is 4.64. The molecule has 0 heterocycles. The molecule has 0 aromatic heterocycles. The number of nitrogens with one attached hydrogen (secondary N) is 1. The van der Waals surface area contributed by atoms with Gasteiger partial charge in [0.15, 0.2) is 0 Å². The fourth-order valence-electron chi connectivity index (χ4n) is 2.35. The van der Waals surface area contributed by atoms with E-state index in [2.05, 4.69) is 5.32 Å². The Morgan fingerprint density at radius 2 is 1.85 bits per heavy atom. The maximum atomic E-state index is 13.8. The Morgan fingerprint density at radius 1 is 1.15 bits per heavy atom. The summed E-state index contributed by atoms with van der Waals surface area (Å²) in [6.07, 6.45) is -4.96. The van der Waals surface area contributed by atoms with Gasteiger partial charge in [-0.15, -0.1) is 0 Å².